The monoisotopic (exact) mass is 283 g/mol. The largest absolute Gasteiger partial charge is 0.469 e. The zero-order valence-corrected chi connectivity index (χ0v) is 11.9. The maximum Gasteiger partial charge on any atom is 0.150 e. The van der Waals surface area contributed by atoms with E-state index in [0.29, 0.717) is 23.5 Å². The Morgan fingerprint density at radius 2 is 2.21 bits per heavy atom. The van der Waals surface area contributed by atoms with Gasteiger partial charge in [0.25, 0.3) is 0 Å². The van der Waals surface area contributed by atoms with Crippen LogP contribution in [0.25, 0.3) is 0 Å². The molecule has 1 N–H and O–H groups in total. The number of rotatable bonds is 6. The Kier molecular flexibility index (Phi) is 3.67. The summed E-state index contributed by atoms with van der Waals surface area (Å²) in [6.07, 6.45) is 5.85. The fourth-order valence-corrected chi connectivity index (χ4v) is 4.81. The van der Waals surface area contributed by atoms with Crippen molar-refractivity contribution in [1.29, 1.82) is 0 Å². The fourth-order valence-electron chi connectivity index (χ4n) is 2.89. The minimum atomic E-state index is -2.80. The van der Waals surface area contributed by atoms with E-state index in [1.807, 2.05) is 12.1 Å². The molecule has 1 aliphatic heterocycles. The highest BCUT2D eigenvalue weighted by Gasteiger charge is 2.34. The van der Waals surface area contributed by atoms with Crippen molar-refractivity contribution in [2.24, 2.45) is 11.8 Å². The summed E-state index contributed by atoms with van der Waals surface area (Å²) in [6, 6.07) is 4.54. The van der Waals surface area contributed by atoms with Gasteiger partial charge < -0.3 is 9.73 Å². The standard InChI is InChI=1S/C14H21NO3S/c16-19(17)7-5-11(10-19)12(9-15-13-3-4-13)8-14-2-1-6-18-14/h1-2,6,11-13,15H,3-5,7-10H2. The van der Waals surface area contributed by atoms with Crippen LogP contribution in [0.15, 0.2) is 22.8 Å². The molecule has 1 saturated heterocycles. The van der Waals surface area contributed by atoms with Gasteiger partial charge in [-0.1, -0.05) is 0 Å². The summed E-state index contributed by atoms with van der Waals surface area (Å²) in [7, 11) is -2.80. The van der Waals surface area contributed by atoms with Crippen LogP contribution in [0, 0.1) is 11.8 Å². The highest BCUT2D eigenvalue weighted by atomic mass is 32.2. The Bertz CT molecular complexity index is 505. The molecule has 2 atom stereocenters. The fraction of sp³-hybridized carbons (Fsp3) is 0.714. The minimum Gasteiger partial charge on any atom is -0.469 e. The Morgan fingerprint density at radius 3 is 2.79 bits per heavy atom. The first-order valence-corrected chi connectivity index (χ1v) is 8.91. The molecule has 4 nitrogen and oxygen atoms in total. The quantitative estimate of drug-likeness (QED) is 0.862. The molecule has 2 heterocycles. The lowest BCUT2D eigenvalue weighted by Gasteiger charge is -2.22. The van der Waals surface area contributed by atoms with Gasteiger partial charge in [-0.05, 0) is 49.8 Å². The molecule has 1 aromatic heterocycles. The minimum absolute atomic E-state index is 0.279. The van der Waals surface area contributed by atoms with E-state index < -0.39 is 9.84 Å². The molecule has 0 bridgehead atoms. The Labute approximate surface area is 114 Å². The molecule has 2 fully saturated rings. The molecule has 106 valence electrons. The van der Waals surface area contributed by atoms with Gasteiger partial charge in [0.2, 0.25) is 0 Å². The second kappa shape index (κ2) is 5.29. The average Bonchev–Trinajstić information content (AvgIpc) is 2.91. The van der Waals surface area contributed by atoms with Crippen molar-refractivity contribution >= 4 is 9.84 Å². The van der Waals surface area contributed by atoms with Crippen LogP contribution in [-0.2, 0) is 16.3 Å². The first-order valence-electron chi connectivity index (χ1n) is 7.08. The van der Waals surface area contributed by atoms with Gasteiger partial charge >= 0.3 is 0 Å². The topological polar surface area (TPSA) is 59.3 Å². The van der Waals surface area contributed by atoms with Crippen molar-refractivity contribution in [3.05, 3.63) is 24.2 Å². The molecule has 0 radical (unpaired) electrons. The summed E-state index contributed by atoms with van der Waals surface area (Å²) in [5, 5.41) is 3.54. The van der Waals surface area contributed by atoms with Gasteiger partial charge in [-0.3, -0.25) is 0 Å². The van der Waals surface area contributed by atoms with Gasteiger partial charge in [0, 0.05) is 12.5 Å². The predicted octanol–water partition coefficient (Wildman–Crippen LogP) is 1.62. The Hall–Kier alpha value is -0.810. The molecular formula is C14H21NO3S. The van der Waals surface area contributed by atoms with Crippen molar-refractivity contribution in [2.75, 3.05) is 18.1 Å². The predicted molar refractivity (Wildman–Crippen MR) is 73.7 cm³/mol. The van der Waals surface area contributed by atoms with E-state index in [9.17, 15) is 8.42 Å². The van der Waals surface area contributed by atoms with E-state index in [4.69, 9.17) is 4.42 Å². The lowest BCUT2D eigenvalue weighted by molar-refractivity contribution is 0.320. The lowest BCUT2D eigenvalue weighted by Crippen LogP contribution is -2.31. The molecule has 2 unspecified atom stereocenters. The number of nitrogens with one attached hydrogen (secondary N) is 1. The maximum atomic E-state index is 11.7. The van der Waals surface area contributed by atoms with Gasteiger partial charge in [-0.25, -0.2) is 8.42 Å². The molecule has 5 heteroatoms. The zero-order valence-electron chi connectivity index (χ0n) is 11.0. The van der Waals surface area contributed by atoms with Crippen molar-refractivity contribution in [1.82, 2.24) is 5.32 Å². The van der Waals surface area contributed by atoms with Gasteiger partial charge in [-0.15, -0.1) is 0 Å². The summed E-state index contributed by atoms with van der Waals surface area (Å²) in [4.78, 5) is 0. The average molecular weight is 283 g/mol. The first-order chi connectivity index (χ1) is 9.12. The number of sulfone groups is 1. The normalized spacial score (nSPS) is 27.5. The molecule has 2 aliphatic rings. The van der Waals surface area contributed by atoms with Crippen LogP contribution in [0.5, 0.6) is 0 Å². The Morgan fingerprint density at radius 1 is 1.37 bits per heavy atom. The maximum absolute atomic E-state index is 11.7. The van der Waals surface area contributed by atoms with Gasteiger partial charge in [0.1, 0.15) is 5.76 Å². The van der Waals surface area contributed by atoms with E-state index >= 15 is 0 Å². The Balaban J connectivity index is 1.64. The highest BCUT2D eigenvalue weighted by Crippen LogP contribution is 2.29. The smallest absolute Gasteiger partial charge is 0.150 e. The van der Waals surface area contributed by atoms with Crippen LogP contribution in [0.2, 0.25) is 0 Å². The van der Waals surface area contributed by atoms with Crippen LogP contribution in [0.3, 0.4) is 0 Å². The summed E-state index contributed by atoms with van der Waals surface area (Å²) in [5.74, 6) is 2.32. The van der Waals surface area contributed by atoms with Gasteiger partial charge in [0.15, 0.2) is 9.84 Å². The molecule has 3 rings (SSSR count). The summed E-state index contributed by atoms with van der Waals surface area (Å²) in [5.41, 5.74) is 0. The van der Waals surface area contributed by atoms with Gasteiger partial charge in [0.05, 0.1) is 17.8 Å². The third kappa shape index (κ3) is 3.60. The summed E-state index contributed by atoms with van der Waals surface area (Å²) >= 11 is 0. The molecule has 1 aliphatic carbocycles. The number of furan rings is 1. The van der Waals surface area contributed by atoms with E-state index in [1.165, 1.54) is 12.8 Å². The van der Waals surface area contributed by atoms with Crippen molar-refractivity contribution in [2.45, 2.75) is 31.7 Å². The van der Waals surface area contributed by atoms with E-state index in [2.05, 4.69) is 5.32 Å². The summed E-state index contributed by atoms with van der Waals surface area (Å²) < 4.78 is 28.7. The highest BCUT2D eigenvalue weighted by molar-refractivity contribution is 7.91. The van der Waals surface area contributed by atoms with E-state index in [1.54, 1.807) is 6.26 Å². The molecular weight excluding hydrogens is 262 g/mol. The molecule has 0 aromatic carbocycles. The van der Waals surface area contributed by atoms with Gasteiger partial charge in [-0.2, -0.15) is 0 Å². The zero-order chi connectivity index (χ0) is 13.3. The third-order valence-electron chi connectivity index (χ3n) is 4.22. The third-order valence-corrected chi connectivity index (χ3v) is 6.02. The number of hydrogen-bond donors (Lipinski definition) is 1. The lowest BCUT2D eigenvalue weighted by atomic mass is 9.88. The van der Waals surface area contributed by atoms with Crippen LogP contribution >= 0.6 is 0 Å². The summed E-state index contributed by atoms with van der Waals surface area (Å²) in [6.45, 7) is 0.908. The second-order valence-corrected chi connectivity index (χ2v) is 8.12. The second-order valence-electron chi connectivity index (χ2n) is 5.89. The molecule has 0 spiro atoms. The number of hydrogen-bond acceptors (Lipinski definition) is 4. The molecule has 1 aromatic rings. The first kappa shape index (κ1) is 13.2. The molecule has 19 heavy (non-hydrogen) atoms. The van der Waals surface area contributed by atoms with Crippen LogP contribution in [0.4, 0.5) is 0 Å². The van der Waals surface area contributed by atoms with E-state index in [-0.39, 0.29) is 5.92 Å². The molecule has 0 amide bonds. The molecule has 1 saturated carbocycles. The van der Waals surface area contributed by atoms with Crippen LogP contribution in [-0.4, -0.2) is 32.5 Å². The SMILES string of the molecule is O=S1(=O)CCC(C(CNC2CC2)Cc2ccco2)C1. The van der Waals surface area contributed by atoms with E-state index in [0.717, 1.165) is 25.1 Å². The van der Waals surface area contributed by atoms with Crippen LogP contribution in [0.1, 0.15) is 25.0 Å². The van der Waals surface area contributed by atoms with Crippen LogP contribution < -0.4 is 5.32 Å². The van der Waals surface area contributed by atoms with Crippen molar-refractivity contribution in [3.8, 4) is 0 Å². The van der Waals surface area contributed by atoms with Crippen molar-refractivity contribution in [3.63, 3.8) is 0 Å². The van der Waals surface area contributed by atoms with Crippen molar-refractivity contribution < 1.29 is 12.8 Å².